The van der Waals surface area contributed by atoms with Crippen LogP contribution in [0.15, 0.2) is 54.1 Å². The lowest BCUT2D eigenvalue weighted by Gasteiger charge is -2.54. The fraction of sp³-hybridized carbons (Fsp3) is 0.500. The molecule has 8 heteroatoms. The minimum absolute atomic E-state index is 0.208. The fourth-order valence-electron chi connectivity index (χ4n) is 4.85. The molecule has 0 spiro atoms. The number of carbonyl (C=O) groups excluding carboxylic acids is 1. The number of nitrogens with two attached hydrogens (primary N) is 1. The summed E-state index contributed by atoms with van der Waals surface area (Å²) in [6, 6.07) is 4.60. The van der Waals surface area contributed by atoms with Crippen LogP contribution >= 0.6 is 0 Å². The summed E-state index contributed by atoms with van der Waals surface area (Å²) < 4.78 is 2.21. The van der Waals surface area contributed by atoms with Gasteiger partial charge in [0.25, 0.3) is 0 Å². The van der Waals surface area contributed by atoms with Crippen LogP contribution in [-0.2, 0) is 5.54 Å². The van der Waals surface area contributed by atoms with Crippen molar-refractivity contribution >= 4 is 17.4 Å². The molecular formula is C26H37N7O. The zero-order valence-electron chi connectivity index (χ0n) is 20.6. The number of rotatable bonds is 5. The van der Waals surface area contributed by atoms with Gasteiger partial charge in [0.05, 0.1) is 18.0 Å². The standard InChI is InChI=1S/C23H29N7O.C3H8/c1-3-26-21-20(4-10-27-21)17(2)18-5-13-30(14-18)23(8-9-24)15-29(16-23)19-6-11-28(12-7-19)22(25)31;1-3-2/h3-5,10,13-14,19H,1,6-8,11-12,15-16H2,2H3,(H2,25,31)(H,26,27);3H2,1-2H3/b20-17+;. The molecule has 0 unspecified atom stereocenters. The molecule has 0 saturated carbocycles. The molecule has 34 heavy (non-hydrogen) atoms. The van der Waals surface area contributed by atoms with Crippen molar-refractivity contribution in [3.8, 4) is 6.07 Å². The van der Waals surface area contributed by atoms with Gasteiger partial charge >= 0.3 is 6.03 Å². The van der Waals surface area contributed by atoms with Crippen molar-refractivity contribution in [3.63, 3.8) is 0 Å². The van der Waals surface area contributed by atoms with Crippen LogP contribution in [-0.4, -0.2) is 58.5 Å². The Morgan fingerprint density at radius 3 is 2.65 bits per heavy atom. The molecule has 3 aliphatic heterocycles. The Morgan fingerprint density at radius 1 is 1.38 bits per heavy atom. The highest BCUT2D eigenvalue weighted by Crippen LogP contribution is 2.37. The van der Waals surface area contributed by atoms with E-state index in [-0.39, 0.29) is 11.6 Å². The number of urea groups is 1. The zero-order chi connectivity index (χ0) is 24.7. The number of likely N-dealkylation sites (tertiary alicyclic amines) is 2. The van der Waals surface area contributed by atoms with E-state index in [4.69, 9.17) is 5.73 Å². The summed E-state index contributed by atoms with van der Waals surface area (Å²) >= 11 is 0. The summed E-state index contributed by atoms with van der Waals surface area (Å²) in [5, 5.41) is 12.6. The zero-order valence-corrected chi connectivity index (χ0v) is 20.6. The van der Waals surface area contributed by atoms with E-state index in [0.29, 0.717) is 25.6 Å². The maximum atomic E-state index is 11.4. The number of nitriles is 1. The van der Waals surface area contributed by atoms with Crippen molar-refractivity contribution in [1.82, 2.24) is 19.7 Å². The molecule has 1 aromatic rings. The van der Waals surface area contributed by atoms with Crippen molar-refractivity contribution < 1.29 is 4.79 Å². The van der Waals surface area contributed by atoms with E-state index < -0.39 is 0 Å². The fourth-order valence-corrected chi connectivity index (χ4v) is 4.85. The summed E-state index contributed by atoms with van der Waals surface area (Å²) in [6.45, 7) is 13.2. The summed E-state index contributed by atoms with van der Waals surface area (Å²) in [4.78, 5) is 19.9. The molecule has 0 bridgehead atoms. The normalized spacial score (nSPS) is 21.0. The van der Waals surface area contributed by atoms with Crippen LogP contribution in [0.25, 0.3) is 5.57 Å². The molecule has 4 rings (SSSR count). The van der Waals surface area contributed by atoms with Gasteiger partial charge in [-0.1, -0.05) is 26.8 Å². The van der Waals surface area contributed by atoms with Crippen LogP contribution in [0.2, 0.25) is 0 Å². The van der Waals surface area contributed by atoms with Crippen molar-refractivity contribution in [1.29, 1.82) is 5.26 Å². The number of amides is 2. The molecule has 182 valence electrons. The minimum atomic E-state index is -0.334. The van der Waals surface area contributed by atoms with Gasteiger partial charge in [0.1, 0.15) is 5.84 Å². The Bertz CT molecular complexity index is 1010. The number of nitrogens with one attached hydrogen (secondary N) is 1. The number of nitrogens with zero attached hydrogens (tertiary/aromatic N) is 5. The number of carbonyl (C=O) groups is 1. The molecule has 2 saturated heterocycles. The molecule has 2 fully saturated rings. The Balaban J connectivity index is 0.00000103. The first-order valence-corrected chi connectivity index (χ1v) is 12.1. The predicted octanol–water partition coefficient (Wildman–Crippen LogP) is 3.80. The van der Waals surface area contributed by atoms with Gasteiger partial charge in [-0.3, -0.25) is 4.90 Å². The molecule has 1 aromatic heterocycles. The molecule has 2 amide bonds. The Kier molecular flexibility index (Phi) is 8.35. The van der Waals surface area contributed by atoms with Crippen LogP contribution in [0.5, 0.6) is 0 Å². The molecule has 0 aromatic carbocycles. The smallest absolute Gasteiger partial charge is 0.314 e. The van der Waals surface area contributed by atoms with Gasteiger partial charge in [-0.25, -0.2) is 9.79 Å². The molecule has 8 nitrogen and oxygen atoms in total. The quantitative estimate of drug-likeness (QED) is 0.693. The second-order valence-corrected chi connectivity index (χ2v) is 9.22. The Hall–Kier alpha value is -3.31. The van der Waals surface area contributed by atoms with E-state index in [1.54, 1.807) is 17.3 Å². The van der Waals surface area contributed by atoms with E-state index >= 15 is 0 Å². The Morgan fingerprint density at radius 2 is 2.06 bits per heavy atom. The number of amidine groups is 1. The number of aromatic nitrogens is 1. The van der Waals surface area contributed by atoms with Gasteiger partial charge in [-0.15, -0.1) is 0 Å². The third-order valence-electron chi connectivity index (χ3n) is 6.71. The number of hydrogen-bond acceptors (Lipinski definition) is 5. The minimum Gasteiger partial charge on any atom is -0.351 e. The molecule has 0 aliphatic carbocycles. The third-order valence-corrected chi connectivity index (χ3v) is 6.71. The van der Waals surface area contributed by atoms with Crippen molar-refractivity contribution in [2.75, 3.05) is 26.2 Å². The van der Waals surface area contributed by atoms with Gasteiger partial charge in [-0.05, 0) is 49.2 Å². The monoisotopic (exact) mass is 463 g/mol. The van der Waals surface area contributed by atoms with Crippen LogP contribution in [0.3, 0.4) is 0 Å². The van der Waals surface area contributed by atoms with E-state index in [1.807, 2.05) is 6.08 Å². The first-order chi connectivity index (χ1) is 16.4. The van der Waals surface area contributed by atoms with Crippen LogP contribution in [0, 0.1) is 11.3 Å². The molecule has 0 atom stereocenters. The van der Waals surface area contributed by atoms with Crippen LogP contribution in [0.4, 0.5) is 4.79 Å². The lowest BCUT2D eigenvalue weighted by Crippen LogP contribution is -2.66. The molecule has 3 N–H and O–H groups in total. The molecule has 0 radical (unpaired) electrons. The highest BCUT2D eigenvalue weighted by atomic mass is 16.2. The second kappa shape index (κ2) is 11.2. The topological polar surface area (TPSA) is 103 Å². The molecular weight excluding hydrogens is 426 g/mol. The number of allylic oxidation sites excluding steroid dienone is 1. The predicted molar refractivity (Wildman–Crippen MR) is 137 cm³/mol. The van der Waals surface area contributed by atoms with E-state index in [9.17, 15) is 10.1 Å². The number of primary amides is 1. The summed E-state index contributed by atoms with van der Waals surface area (Å²) in [5.41, 5.74) is 8.48. The van der Waals surface area contributed by atoms with Gasteiger partial charge in [0.15, 0.2) is 0 Å². The van der Waals surface area contributed by atoms with Crippen molar-refractivity contribution in [2.45, 2.75) is 58.0 Å². The summed E-state index contributed by atoms with van der Waals surface area (Å²) in [5.74, 6) is 0.795. The first kappa shape index (κ1) is 25.3. The first-order valence-electron chi connectivity index (χ1n) is 12.1. The van der Waals surface area contributed by atoms with E-state index in [1.165, 1.54) is 6.42 Å². The van der Waals surface area contributed by atoms with Crippen LogP contribution in [0.1, 0.15) is 52.0 Å². The lowest BCUT2D eigenvalue weighted by molar-refractivity contribution is -0.0334. The highest BCUT2D eigenvalue weighted by molar-refractivity contribution is 6.09. The summed E-state index contributed by atoms with van der Waals surface area (Å²) in [7, 11) is 0. The number of piperidine rings is 1. The average molecular weight is 464 g/mol. The maximum absolute atomic E-state index is 11.4. The largest absolute Gasteiger partial charge is 0.351 e. The molecule has 4 heterocycles. The molecule has 3 aliphatic rings. The average Bonchev–Trinajstić information content (AvgIpc) is 3.47. The van der Waals surface area contributed by atoms with Gasteiger partial charge in [0.2, 0.25) is 0 Å². The third kappa shape index (κ3) is 5.26. The number of aliphatic imine (C=N–C) groups is 1. The Labute approximate surface area is 203 Å². The van der Waals surface area contributed by atoms with E-state index in [0.717, 1.165) is 48.5 Å². The SMILES string of the molecule is C=CNC1=NC=C/C1=C(/C)c1ccn(C2(CC#N)CN(C3CCN(C(N)=O)CC3)C2)c1.CCC. The highest BCUT2D eigenvalue weighted by Gasteiger charge is 2.47. The second-order valence-electron chi connectivity index (χ2n) is 9.22. The number of hydrogen-bond donors (Lipinski definition) is 2. The van der Waals surface area contributed by atoms with Crippen molar-refractivity contribution in [2.24, 2.45) is 10.7 Å². The maximum Gasteiger partial charge on any atom is 0.314 e. The van der Waals surface area contributed by atoms with Crippen LogP contribution < -0.4 is 11.1 Å². The van der Waals surface area contributed by atoms with Crippen molar-refractivity contribution in [3.05, 3.63) is 54.7 Å². The van der Waals surface area contributed by atoms with Gasteiger partial charge in [-0.2, -0.15) is 5.26 Å². The lowest BCUT2D eigenvalue weighted by atomic mass is 9.83. The van der Waals surface area contributed by atoms with Gasteiger partial charge in [0, 0.05) is 56.4 Å². The van der Waals surface area contributed by atoms with E-state index in [2.05, 4.69) is 71.7 Å². The van der Waals surface area contributed by atoms with Gasteiger partial charge < -0.3 is 20.5 Å². The summed E-state index contributed by atoms with van der Waals surface area (Å²) in [6.07, 6.45) is 13.2.